The maximum absolute atomic E-state index is 11.1. The van der Waals surface area contributed by atoms with Gasteiger partial charge in [0.25, 0.3) is 0 Å². The Morgan fingerprint density at radius 1 is 1.44 bits per heavy atom. The number of methoxy groups -OCH3 is 1. The molecule has 1 heterocycles. The second-order valence-electron chi connectivity index (χ2n) is 4.98. The highest BCUT2D eigenvalue weighted by Crippen LogP contribution is 2.36. The minimum atomic E-state index is -0.641. The topological polar surface area (TPSA) is 44.8 Å². The van der Waals surface area contributed by atoms with Gasteiger partial charge in [-0.15, -0.1) is 0 Å². The third-order valence-electron chi connectivity index (χ3n) is 3.13. The molecule has 0 saturated heterocycles. The molecule has 98 valence electrons. The lowest BCUT2D eigenvalue weighted by Crippen LogP contribution is -2.43. The zero-order chi connectivity index (χ0) is 13.3. The largest absolute Gasteiger partial charge is 0.497 e. The van der Waals surface area contributed by atoms with E-state index in [1.54, 1.807) is 7.11 Å². The molecule has 0 N–H and O–H groups in total. The van der Waals surface area contributed by atoms with Crippen LogP contribution < -0.4 is 9.47 Å². The maximum atomic E-state index is 11.1. The average molecular weight is 250 g/mol. The summed E-state index contributed by atoms with van der Waals surface area (Å²) in [6.45, 7) is 5.14. The zero-order valence-electron chi connectivity index (χ0n) is 11.1. The first-order chi connectivity index (χ1) is 8.42. The highest BCUT2D eigenvalue weighted by Gasteiger charge is 2.39. The predicted molar refractivity (Wildman–Crippen MR) is 67.0 cm³/mol. The molecule has 1 aromatic rings. The van der Waals surface area contributed by atoms with Gasteiger partial charge in [0.2, 0.25) is 0 Å². The summed E-state index contributed by atoms with van der Waals surface area (Å²) in [6, 6.07) is 5.75. The van der Waals surface area contributed by atoms with E-state index in [9.17, 15) is 4.79 Å². The number of fused-ring (bicyclic) bond motifs is 1. The van der Waals surface area contributed by atoms with Crippen molar-refractivity contribution in [2.75, 3.05) is 7.11 Å². The van der Waals surface area contributed by atoms with Gasteiger partial charge in [-0.05, 0) is 25.5 Å². The number of carbonyl (C=O) groups excluding carboxylic acids is 1. The number of hydrogen-bond donors (Lipinski definition) is 0. The first kappa shape index (κ1) is 12.7. The number of rotatable bonds is 3. The highest BCUT2D eigenvalue weighted by atomic mass is 16.6. The van der Waals surface area contributed by atoms with Crippen molar-refractivity contribution in [3.8, 4) is 11.5 Å². The summed E-state index contributed by atoms with van der Waals surface area (Å²) in [6.07, 6.45) is 0.572. The van der Waals surface area contributed by atoms with Gasteiger partial charge in [-0.3, -0.25) is 4.79 Å². The van der Waals surface area contributed by atoms with Crippen molar-refractivity contribution < 1.29 is 19.0 Å². The van der Waals surface area contributed by atoms with Crippen molar-refractivity contribution >= 4 is 5.97 Å². The molecule has 0 aromatic heterocycles. The summed E-state index contributed by atoms with van der Waals surface area (Å²) in [4.78, 5) is 11.1. The fourth-order valence-electron chi connectivity index (χ4n) is 2.16. The molecule has 18 heavy (non-hydrogen) atoms. The first-order valence-electron chi connectivity index (χ1n) is 5.95. The van der Waals surface area contributed by atoms with Gasteiger partial charge in [-0.25, -0.2) is 0 Å². The molecule has 0 amide bonds. The molecule has 0 bridgehead atoms. The van der Waals surface area contributed by atoms with Crippen LogP contribution in [0.2, 0.25) is 0 Å². The molecule has 2 rings (SSSR count). The summed E-state index contributed by atoms with van der Waals surface area (Å²) in [5.41, 5.74) is 0.471. The van der Waals surface area contributed by atoms with Crippen LogP contribution in [0.1, 0.15) is 26.3 Å². The molecule has 0 aliphatic carbocycles. The van der Waals surface area contributed by atoms with Crippen LogP contribution in [0.5, 0.6) is 11.5 Å². The molecule has 0 saturated carbocycles. The van der Waals surface area contributed by atoms with Crippen molar-refractivity contribution in [2.45, 2.75) is 38.9 Å². The molecule has 1 atom stereocenters. The van der Waals surface area contributed by atoms with Crippen LogP contribution >= 0.6 is 0 Å². The van der Waals surface area contributed by atoms with E-state index in [-0.39, 0.29) is 12.1 Å². The van der Waals surface area contributed by atoms with Gasteiger partial charge in [0.05, 0.1) is 7.11 Å². The Hall–Kier alpha value is -1.71. The molecule has 1 aliphatic rings. The van der Waals surface area contributed by atoms with Crippen molar-refractivity contribution in [1.29, 1.82) is 0 Å². The Morgan fingerprint density at radius 2 is 2.17 bits per heavy atom. The molecule has 0 unspecified atom stereocenters. The van der Waals surface area contributed by atoms with Crippen LogP contribution in [0, 0.1) is 0 Å². The zero-order valence-corrected chi connectivity index (χ0v) is 11.1. The number of ether oxygens (including phenoxy) is 3. The van der Waals surface area contributed by atoms with Gasteiger partial charge in [0.15, 0.2) is 0 Å². The van der Waals surface area contributed by atoms with Crippen LogP contribution in [0.15, 0.2) is 18.2 Å². The molecule has 0 radical (unpaired) electrons. The van der Waals surface area contributed by atoms with E-state index in [1.807, 2.05) is 32.0 Å². The Balaban J connectivity index is 2.16. The maximum Gasteiger partial charge on any atom is 0.303 e. The normalized spacial score (nSPS) is 17.9. The van der Waals surface area contributed by atoms with E-state index >= 15 is 0 Å². The molecule has 0 fully saturated rings. The lowest BCUT2D eigenvalue weighted by atomic mass is 9.97. The molecule has 1 aromatic carbocycles. The predicted octanol–water partition coefficient (Wildman–Crippen LogP) is 2.34. The third-order valence-corrected chi connectivity index (χ3v) is 3.13. The van der Waals surface area contributed by atoms with E-state index in [2.05, 4.69) is 0 Å². The number of hydrogen-bond acceptors (Lipinski definition) is 4. The average Bonchev–Trinajstić information content (AvgIpc) is 2.70. The van der Waals surface area contributed by atoms with Gasteiger partial charge in [-0.1, -0.05) is 6.07 Å². The second kappa shape index (κ2) is 4.52. The molecule has 1 aliphatic heterocycles. The summed E-state index contributed by atoms with van der Waals surface area (Å²) >= 11 is 0. The monoisotopic (exact) mass is 250 g/mol. The van der Waals surface area contributed by atoms with Crippen molar-refractivity contribution in [3.63, 3.8) is 0 Å². The van der Waals surface area contributed by atoms with Crippen LogP contribution in [-0.2, 0) is 16.0 Å². The van der Waals surface area contributed by atoms with Gasteiger partial charge in [-0.2, -0.15) is 0 Å². The summed E-state index contributed by atoms with van der Waals surface area (Å²) in [5.74, 6) is 1.27. The summed E-state index contributed by atoms with van der Waals surface area (Å²) in [7, 11) is 1.62. The Morgan fingerprint density at radius 3 is 2.78 bits per heavy atom. The Labute approximate surface area is 107 Å². The third kappa shape index (κ3) is 2.42. The summed E-state index contributed by atoms with van der Waals surface area (Å²) < 4.78 is 16.3. The first-order valence-corrected chi connectivity index (χ1v) is 5.95. The van der Waals surface area contributed by atoms with Gasteiger partial charge in [0.1, 0.15) is 23.2 Å². The van der Waals surface area contributed by atoms with Crippen LogP contribution in [0.4, 0.5) is 0 Å². The minimum absolute atomic E-state index is 0.163. The number of carbonyl (C=O) groups is 1. The minimum Gasteiger partial charge on any atom is -0.497 e. The molecular weight excluding hydrogens is 232 g/mol. The highest BCUT2D eigenvalue weighted by molar-refractivity contribution is 5.66. The van der Waals surface area contributed by atoms with Gasteiger partial charge < -0.3 is 14.2 Å². The lowest BCUT2D eigenvalue weighted by Gasteiger charge is -2.30. The van der Waals surface area contributed by atoms with Crippen LogP contribution in [-0.4, -0.2) is 24.8 Å². The lowest BCUT2D eigenvalue weighted by molar-refractivity contribution is -0.161. The van der Waals surface area contributed by atoms with E-state index in [1.165, 1.54) is 6.92 Å². The van der Waals surface area contributed by atoms with Gasteiger partial charge >= 0.3 is 5.97 Å². The van der Waals surface area contributed by atoms with Crippen molar-refractivity contribution in [2.24, 2.45) is 0 Å². The Kier molecular flexibility index (Phi) is 3.20. The fourth-order valence-corrected chi connectivity index (χ4v) is 2.16. The fraction of sp³-hybridized carbons (Fsp3) is 0.500. The Bertz CT molecular complexity index is 465. The SMILES string of the molecule is COc1ccc2c(c1)O[C@H](C(C)(C)OC(C)=O)C2. The van der Waals surface area contributed by atoms with Gasteiger partial charge in [0, 0.05) is 19.4 Å². The van der Waals surface area contributed by atoms with Crippen molar-refractivity contribution in [3.05, 3.63) is 23.8 Å². The van der Waals surface area contributed by atoms with Crippen molar-refractivity contribution in [1.82, 2.24) is 0 Å². The molecular formula is C14H18O4. The van der Waals surface area contributed by atoms with E-state index in [0.29, 0.717) is 0 Å². The molecule has 4 nitrogen and oxygen atoms in total. The smallest absolute Gasteiger partial charge is 0.303 e. The second-order valence-corrected chi connectivity index (χ2v) is 4.98. The quantitative estimate of drug-likeness (QED) is 0.772. The van der Waals surface area contributed by atoms with E-state index in [0.717, 1.165) is 23.5 Å². The summed E-state index contributed by atoms with van der Waals surface area (Å²) in [5, 5.41) is 0. The van der Waals surface area contributed by atoms with Crippen LogP contribution in [0.3, 0.4) is 0 Å². The van der Waals surface area contributed by atoms with E-state index < -0.39 is 5.60 Å². The number of esters is 1. The van der Waals surface area contributed by atoms with Crippen LogP contribution in [0.25, 0.3) is 0 Å². The standard InChI is InChI=1S/C14H18O4/c1-9(15)18-14(2,3)13-7-10-5-6-11(16-4)8-12(10)17-13/h5-6,8,13H,7H2,1-4H3/t13-/m0/s1. The van der Waals surface area contributed by atoms with E-state index in [4.69, 9.17) is 14.2 Å². The molecule has 4 heteroatoms. The molecule has 0 spiro atoms. The number of benzene rings is 1.